The van der Waals surface area contributed by atoms with E-state index in [4.69, 9.17) is 4.43 Å². The van der Waals surface area contributed by atoms with E-state index in [0.29, 0.717) is 0 Å². The second kappa shape index (κ2) is 16.6. The third-order valence-corrected chi connectivity index (χ3v) is 9.21. The molecule has 1 rings (SSSR count). The van der Waals surface area contributed by atoms with Crippen molar-refractivity contribution in [2.45, 2.75) is 135 Å². The molecule has 1 aliphatic rings. The molecule has 2 heteroatoms. The summed E-state index contributed by atoms with van der Waals surface area (Å²) in [6.45, 7) is 5.70. The molecule has 1 nitrogen and oxygen atoms in total. The molecule has 0 spiro atoms. The van der Waals surface area contributed by atoms with Gasteiger partial charge in [-0.15, -0.1) is 0 Å². The van der Waals surface area contributed by atoms with E-state index in [0.717, 1.165) is 12.1 Å². The highest BCUT2D eigenvalue weighted by atomic mass is 28.3. The van der Waals surface area contributed by atoms with Gasteiger partial charge in [0.2, 0.25) is 0 Å². The minimum Gasteiger partial charge on any atom is -0.420 e. The normalized spacial score (nSPS) is 19.5. The van der Waals surface area contributed by atoms with E-state index in [1.165, 1.54) is 115 Å². The first-order valence-electron chi connectivity index (χ1n) is 11.5. The second-order valence-corrected chi connectivity index (χ2v) is 11.1. The maximum atomic E-state index is 6.28. The van der Waals surface area contributed by atoms with Crippen LogP contribution in [0.4, 0.5) is 0 Å². The van der Waals surface area contributed by atoms with Gasteiger partial charge in [-0.05, 0) is 18.0 Å². The predicted molar refractivity (Wildman–Crippen MR) is 111 cm³/mol. The lowest BCUT2D eigenvalue weighted by atomic mass is 10.0. The largest absolute Gasteiger partial charge is 0.420 e. The number of unbranched alkanes of at least 4 members (excludes halogenated alkanes) is 11. The van der Waals surface area contributed by atoms with E-state index in [1.54, 1.807) is 0 Å². The topological polar surface area (TPSA) is 9.23 Å². The Morgan fingerprint density at radius 1 is 0.667 bits per heavy atom. The van der Waals surface area contributed by atoms with E-state index in [1.807, 2.05) is 0 Å². The lowest BCUT2D eigenvalue weighted by molar-refractivity contribution is 0.274. The van der Waals surface area contributed by atoms with Crippen LogP contribution < -0.4 is 0 Å². The molecule has 24 heavy (non-hydrogen) atoms. The molecular weight excluding hydrogens is 308 g/mol. The fraction of sp³-hybridized carbons (Fsp3) is 1.00. The van der Waals surface area contributed by atoms with Crippen LogP contribution in [0, 0.1) is 0 Å². The Kier molecular flexibility index (Phi) is 15.4. The lowest BCUT2D eigenvalue weighted by Crippen LogP contribution is -2.29. The van der Waals surface area contributed by atoms with Crippen molar-refractivity contribution in [3.63, 3.8) is 0 Å². The van der Waals surface area contributed by atoms with Crippen LogP contribution in [-0.4, -0.2) is 15.6 Å². The van der Waals surface area contributed by atoms with Crippen molar-refractivity contribution in [1.82, 2.24) is 0 Å². The average Bonchev–Trinajstić information content (AvgIpc) is 2.62. The molecule has 0 saturated carbocycles. The fourth-order valence-corrected chi connectivity index (χ4v) is 7.49. The van der Waals surface area contributed by atoms with E-state index in [2.05, 4.69) is 13.8 Å². The van der Waals surface area contributed by atoms with Crippen molar-refractivity contribution in [1.29, 1.82) is 0 Å². The summed E-state index contributed by atoms with van der Waals surface area (Å²) in [5.74, 6) is 0. The van der Waals surface area contributed by atoms with Crippen molar-refractivity contribution in [2.24, 2.45) is 0 Å². The minimum atomic E-state index is -0.876. The van der Waals surface area contributed by atoms with Gasteiger partial charge >= 0.3 is 0 Å². The average molecular weight is 355 g/mol. The summed E-state index contributed by atoms with van der Waals surface area (Å²) in [6.07, 6.45) is 24.5. The molecule has 1 aliphatic heterocycles. The molecular formula is C22H46OSi. The Morgan fingerprint density at radius 2 is 1.17 bits per heavy atom. The highest BCUT2D eigenvalue weighted by Gasteiger charge is 2.25. The van der Waals surface area contributed by atoms with Gasteiger partial charge in [0.05, 0.1) is 0 Å². The maximum absolute atomic E-state index is 6.28. The van der Waals surface area contributed by atoms with Gasteiger partial charge in [0.15, 0.2) is 9.04 Å². The maximum Gasteiger partial charge on any atom is 0.179 e. The Labute approximate surface area is 155 Å². The van der Waals surface area contributed by atoms with Gasteiger partial charge in [0, 0.05) is 6.61 Å². The molecule has 0 aromatic heterocycles. The summed E-state index contributed by atoms with van der Waals surface area (Å²) in [7, 11) is -0.876. The van der Waals surface area contributed by atoms with Crippen LogP contribution in [0.2, 0.25) is 11.6 Å². The van der Waals surface area contributed by atoms with Crippen molar-refractivity contribution in [3.05, 3.63) is 0 Å². The van der Waals surface area contributed by atoms with Gasteiger partial charge in [0.25, 0.3) is 0 Å². The first-order chi connectivity index (χ1) is 11.9. The van der Waals surface area contributed by atoms with Crippen molar-refractivity contribution >= 4 is 9.04 Å². The smallest absolute Gasteiger partial charge is 0.179 e. The summed E-state index contributed by atoms with van der Waals surface area (Å²) in [5.41, 5.74) is 0.993. The van der Waals surface area contributed by atoms with Gasteiger partial charge in [-0.25, -0.2) is 0 Å². The standard InChI is InChI=1S/C22H46OSi/c1-3-5-7-9-11-13-15-19-22(24-21-17-16-20-23-24)18-14-12-10-8-6-4-2/h22,24H,3-21H2,1-2H3. The van der Waals surface area contributed by atoms with Gasteiger partial charge < -0.3 is 4.43 Å². The summed E-state index contributed by atoms with van der Waals surface area (Å²) >= 11 is 0. The molecule has 0 aliphatic carbocycles. The molecule has 0 amide bonds. The molecule has 2 unspecified atom stereocenters. The molecule has 0 N–H and O–H groups in total. The van der Waals surface area contributed by atoms with Gasteiger partial charge in [-0.1, -0.05) is 117 Å². The molecule has 0 radical (unpaired) electrons. The van der Waals surface area contributed by atoms with Crippen LogP contribution >= 0.6 is 0 Å². The van der Waals surface area contributed by atoms with Crippen LogP contribution in [0.5, 0.6) is 0 Å². The molecule has 1 saturated heterocycles. The van der Waals surface area contributed by atoms with Gasteiger partial charge in [0.1, 0.15) is 0 Å². The zero-order chi connectivity index (χ0) is 17.3. The molecule has 1 fully saturated rings. The third-order valence-electron chi connectivity index (χ3n) is 5.85. The SMILES string of the molecule is CCCCCCCCCC(CCCCCCCC)[SiH]1CCCCO1. The molecule has 0 bridgehead atoms. The summed E-state index contributed by atoms with van der Waals surface area (Å²) in [4.78, 5) is 0. The molecule has 2 atom stereocenters. The quantitative estimate of drug-likeness (QED) is 0.203. The third kappa shape index (κ3) is 11.7. The molecule has 0 aromatic carbocycles. The summed E-state index contributed by atoms with van der Waals surface area (Å²) in [5, 5.41) is 0. The predicted octanol–water partition coefficient (Wildman–Crippen LogP) is 7.78. The van der Waals surface area contributed by atoms with E-state index < -0.39 is 9.04 Å². The summed E-state index contributed by atoms with van der Waals surface area (Å²) in [6, 6.07) is 1.47. The van der Waals surface area contributed by atoms with Crippen LogP contribution in [0.3, 0.4) is 0 Å². The zero-order valence-corrected chi connectivity index (χ0v) is 18.2. The first-order valence-corrected chi connectivity index (χ1v) is 13.5. The van der Waals surface area contributed by atoms with Crippen LogP contribution in [-0.2, 0) is 4.43 Å². The molecule has 0 aromatic rings. The number of hydrogen-bond acceptors (Lipinski definition) is 1. The molecule has 144 valence electrons. The Morgan fingerprint density at radius 3 is 1.62 bits per heavy atom. The lowest BCUT2D eigenvalue weighted by Gasteiger charge is -2.29. The Bertz CT molecular complexity index is 250. The van der Waals surface area contributed by atoms with Crippen LogP contribution in [0.1, 0.15) is 123 Å². The second-order valence-electron chi connectivity index (χ2n) is 8.13. The Hall–Kier alpha value is 0.177. The van der Waals surface area contributed by atoms with Crippen LogP contribution in [0.15, 0.2) is 0 Å². The minimum absolute atomic E-state index is 0.876. The van der Waals surface area contributed by atoms with E-state index in [9.17, 15) is 0 Å². The monoisotopic (exact) mass is 354 g/mol. The zero-order valence-electron chi connectivity index (χ0n) is 17.0. The number of hydrogen-bond donors (Lipinski definition) is 0. The van der Waals surface area contributed by atoms with E-state index >= 15 is 0 Å². The van der Waals surface area contributed by atoms with Crippen molar-refractivity contribution in [3.8, 4) is 0 Å². The Balaban J connectivity index is 2.15. The highest BCUT2D eigenvalue weighted by Crippen LogP contribution is 2.32. The fourth-order valence-electron chi connectivity index (χ4n) is 4.20. The number of rotatable bonds is 16. The van der Waals surface area contributed by atoms with Crippen molar-refractivity contribution in [2.75, 3.05) is 6.61 Å². The summed E-state index contributed by atoms with van der Waals surface area (Å²) < 4.78 is 6.28. The highest BCUT2D eigenvalue weighted by molar-refractivity contribution is 6.53. The van der Waals surface area contributed by atoms with Crippen molar-refractivity contribution < 1.29 is 4.43 Å². The van der Waals surface area contributed by atoms with E-state index in [-0.39, 0.29) is 0 Å². The molecule has 1 heterocycles. The van der Waals surface area contributed by atoms with Gasteiger partial charge in [-0.3, -0.25) is 0 Å². The van der Waals surface area contributed by atoms with Gasteiger partial charge in [-0.2, -0.15) is 0 Å². The van der Waals surface area contributed by atoms with Crippen LogP contribution in [0.25, 0.3) is 0 Å². The first kappa shape index (κ1) is 22.2.